The van der Waals surface area contributed by atoms with E-state index in [4.69, 9.17) is 9.52 Å². The second kappa shape index (κ2) is 6.33. The summed E-state index contributed by atoms with van der Waals surface area (Å²) in [6.45, 7) is -0.446. The van der Waals surface area contributed by atoms with E-state index >= 15 is 0 Å². The Labute approximate surface area is 120 Å². The second-order valence-electron chi connectivity index (χ2n) is 4.30. The van der Waals surface area contributed by atoms with Crippen LogP contribution in [0.1, 0.15) is 11.3 Å². The van der Waals surface area contributed by atoms with Gasteiger partial charge in [0, 0.05) is 12.6 Å². The molecule has 0 atom stereocenters. The quantitative estimate of drug-likeness (QED) is 0.847. The number of hydrogen-bond acceptors (Lipinski definition) is 4. The van der Waals surface area contributed by atoms with Crippen molar-refractivity contribution in [2.24, 2.45) is 0 Å². The lowest BCUT2D eigenvalue weighted by molar-refractivity contribution is 0.236. The Hall–Kier alpha value is -1.77. The molecule has 0 spiro atoms. The maximum absolute atomic E-state index is 13.0. The first-order valence-corrected chi connectivity index (χ1v) is 7.53. The molecule has 0 saturated heterocycles. The highest BCUT2D eigenvalue weighted by atomic mass is 32.2. The molecule has 0 radical (unpaired) electrons. The van der Waals surface area contributed by atoms with Crippen molar-refractivity contribution in [2.75, 3.05) is 6.54 Å². The van der Waals surface area contributed by atoms with Crippen molar-refractivity contribution in [1.82, 2.24) is 4.72 Å². The van der Waals surface area contributed by atoms with Crippen LogP contribution >= 0.6 is 0 Å². The predicted molar refractivity (Wildman–Crippen MR) is 69.9 cm³/mol. The molecule has 114 valence electrons. The number of sulfonamides is 1. The molecule has 0 unspecified atom stereocenters. The molecule has 2 N–H and O–H groups in total. The van der Waals surface area contributed by atoms with Crippen molar-refractivity contribution in [1.29, 1.82) is 0 Å². The van der Waals surface area contributed by atoms with Gasteiger partial charge in [-0.2, -0.15) is 0 Å². The molecular formula is C13H13F2NO4S. The van der Waals surface area contributed by atoms with Crippen LogP contribution < -0.4 is 4.72 Å². The molecule has 1 aromatic carbocycles. The summed E-state index contributed by atoms with van der Waals surface area (Å²) in [6.07, 6.45) is 0.126. The van der Waals surface area contributed by atoms with Crippen LogP contribution in [-0.2, 0) is 23.1 Å². The fourth-order valence-corrected chi connectivity index (χ4v) is 2.72. The number of benzene rings is 1. The van der Waals surface area contributed by atoms with E-state index in [1.807, 2.05) is 0 Å². The van der Waals surface area contributed by atoms with Gasteiger partial charge in [0.15, 0.2) is 0 Å². The van der Waals surface area contributed by atoms with Crippen molar-refractivity contribution in [3.8, 4) is 0 Å². The second-order valence-corrected chi connectivity index (χ2v) is 6.00. The SMILES string of the molecule is O=S(=O)(NCCc1cc(F)cc(F)c1)c1ccc(CO)o1. The van der Waals surface area contributed by atoms with E-state index in [1.54, 1.807) is 0 Å². The Morgan fingerprint density at radius 2 is 1.81 bits per heavy atom. The van der Waals surface area contributed by atoms with Gasteiger partial charge in [0.25, 0.3) is 10.0 Å². The third-order valence-electron chi connectivity index (χ3n) is 2.69. The predicted octanol–water partition coefficient (Wildman–Crippen LogP) is 1.57. The summed E-state index contributed by atoms with van der Waals surface area (Å²) in [7, 11) is -3.86. The molecule has 5 nitrogen and oxygen atoms in total. The van der Waals surface area contributed by atoms with E-state index in [-0.39, 0.29) is 23.8 Å². The van der Waals surface area contributed by atoms with Crippen LogP contribution in [0.5, 0.6) is 0 Å². The van der Waals surface area contributed by atoms with Gasteiger partial charge in [0.1, 0.15) is 24.0 Å². The van der Waals surface area contributed by atoms with E-state index < -0.39 is 28.3 Å². The summed E-state index contributed by atoms with van der Waals surface area (Å²) < 4.78 is 56.8. The summed E-state index contributed by atoms with van der Waals surface area (Å²) in [5, 5.41) is 8.49. The summed E-state index contributed by atoms with van der Waals surface area (Å²) in [6, 6.07) is 5.57. The van der Waals surface area contributed by atoms with Gasteiger partial charge in [-0.15, -0.1) is 0 Å². The number of aliphatic hydroxyl groups excluding tert-OH is 1. The molecule has 0 saturated carbocycles. The van der Waals surface area contributed by atoms with E-state index in [2.05, 4.69) is 4.72 Å². The first kappa shape index (κ1) is 15.6. The molecular weight excluding hydrogens is 304 g/mol. The number of rotatable bonds is 6. The van der Waals surface area contributed by atoms with Crippen LogP contribution in [0.15, 0.2) is 39.8 Å². The van der Waals surface area contributed by atoms with E-state index in [1.165, 1.54) is 12.1 Å². The number of hydrogen-bond donors (Lipinski definition) is 2. The first-order chi connectivity index (χ1) is 9.90. The Morgan fingerprint density at radius 3 is 2.38 bits per heavy atom. The van der Waals surface area contributed by atoms with Gasteiger partial charge in [0.05, 0.1) is 0 Å². The number of aliphatic hydroxyl groups is 1. The summed E-state index contributed by atoms with van der Waals surface area (Å²) >= 11 is 0. The largest absolute Gasteiger partial charge is 0.446 e. The van der Waals surface area contributed by atoms with Gasteiger partial charge < -0.3 is 9.52 Å². The van der Waals surface area contributed by atoms with Crippen LogP contribution in [0.2, 0.25) is 0 Å². The highest BCUT2D eigenvalue weighted by Crippen LogP contribution is 2.14. The summed E-state index contributed by atoms with van der Waals surface area (Å²) in [5.74, 6) is -1.31. The van der Waals surface area contributed by atoms with Crippen molar-refractivity contribution < 1.29 is 26.7 Å². The van der Waals surface area contributed by atoms with E-state index in [0.717, 1.165) is 18.2 Å². The van der Waals surface area contributed by atoms with Crippen molar-refractivity contribution in [3.05, 3.63) is 53.3 Å². The highest BCUT2D eigenvalue weighted by molar-refractivity contribution is 7.89. The first-order valence-electron chi connectivity index (χ1n) is 6.05. The zero-order valence-electron chi connectivity index (χ0n) is 10.8. The third kappa shape index (κ3) is 4.10. The maximum Gasteiger partial charge on any atom is 0.273 e. The Bertz CT molecular complexity index is 707. The highest BCUT2D eigenvalue weighted by Gasteiger charge is 2.18. The van der Waals surface area contributed by atoms with Crippen LogP contribution in [0, 0.1) is 11.6 Å². The lowest BCUT2D eigenvalue weighted by Crippen LogP contribution is -2.25. The van der Waals surface area contributed by atoms with Gasteiger partial charge in [-0.3, -0.25) is 0 Å². The smallest absolute Gasteiger partial charge is 0.273 e. The Morgan fingerprint density at radius 1 is 1.14 bits per heavy atom. The average molecular weight is 317 g/mol. The van der Waals surface area contributed by atoms with Crippen LogP contribution in [0.25, 0.3) is 0 Å². The molecule has 0 aliphatic carbocycles. The lowest BCUT2D eigenvalue weighted by atomic mass is 10.1. The van der Waals surface area contributed by atoms with Crippen molar-refractivity contribution in [2.45, 2.75) is 18.1 Å². The third-order valence-corrected chi connectivity index (χ3v) is 4.02. The minimum Gasteiger partial charge on any atom is -0.446 e. The molecule has 0 aliphatic heterocycles. The van der Waals surface area contributed by atoms with Gasteiger partial charge in [-0.25, -0.2) is 21.9 Å². The van der Waals surface area contributed by atoms with E-state index in [9.17, 15) is 17.2 Å². The molecule has 0 aliphatic rings. The zero-order valence-corrected chi connectivity index (χ0v) is 11.7. The van der Waals surface area contributed by atoms with Gasteiger partial charge in [0.2, 0.25) is 5.09 Å². The Balaban J connectivity index is 1.98. The average Bonchev–Trinajstić information content (AvgIpc) is 2.86. The fourth-order valence-electron chi connectivity index (χ4n) is 1.74. The Kier molecular flexibility index (Phi) is 4.71. The molecule has 1 heterocycles. The minimum absolute atomic E-state index is 0.0413. The molecule has 2 aromatic rings. The number of nitrogens with one attached hydrogen (secondary N) is 1. The molecule has 0 fully saturated rings. The topological polar surface area (TPSA) is 79.5 Å². The van der Waals surface area contributed by atoms with E-state index in [0.29, 0.717) is 5.56 Å². The van der Waals surface area contributed by atoms with Crippen molar-refractivity contribution >= 4 is 10.0 Å². The minimum atomic E-state index is -3.86. The fraction of sp³-hybridized carbons (Fsp3) is 0.231. The van der Waals surface area contributed by atoms with Crippen molar-refractivity contribution in [3.63, 3.8) is 0 Å². The van der Waals surface area contributed by atoms with Crippen LogP contribution in [0.4, 0.5) is 8.78 Å². The summed E-state index contributed by atoms with van der Waals surface area (Å²) in [4.78, 5) is 0. The van der Waals surface area contributed by atoms with Gasteiger partial charge in [-0.05, 0) is 36.2 Å². The molecule has 0 amide bonds. The molecule has 8 heteroatoms. The monoisotopic (exact) mass is 317 g/mol. The number of halogens is 2. The molecule has 1 aromatic heterocycles. The molecule has 0 bridgehead atoms. The zero-order chi connectivity index (χ0) is 15.5. The summed E-state index contributed by atoms with van der Waals surface area (Å²) in [5.41, 5.74) is 0.339. The van der Waals surface area contributed by atoms with Crippen LogP contribution in [0.3, 0.4) is 0 Å². The van der Waals surface area contributed by atoms with Gasteiger partial charge in [-0.1, -0.05) is 0 Å². The molecule has 2 rings (SSSR count). The van der Waals surface area contributed by atoms with Crippen LogP contribution in [-0.4, -0.2) is 20.1 Å². The number of furan rings is 1. The van der Waals surface area contributed by atoms with Gasteiger partial charge >= 0.3 is 0 Å². The lowest BCUT2D eigenvalue weighted by Gasteiger charge is -2.05. The standard InChI is InChI=1S/C13H13F2NO4S/c14-10-5-9(6-11(15)7-10)3-4-16-21(18,19)13-2-1-12(8-17)20-13/h1-2,5-7,16-17H,3-4,8H2. The maximum atomic E-state index is 13.0. The molecule has 21 heavy (non-hydrogen) atoms. The normalized spacial score (nSPS) is 11.8.